The van der Waals surface area contributed by atoms with Gasteiger partial charge < -0.3 is 14.7 Å². The van der Waals surface area contributed by atoms with Crippen LogP contribution in [0.2, 0.25) is 0 Å². The Kier molecular flexibility index (Phi) is 10.9. The summed E-state index contributed by atoms with van der Waals surface area (Å²) in [6.07, 6.45) is 7.68. The Balaban J connectivity index is 1.80. The highest BCUT2D eigenvalue weighted by Crippen LogP contribution is 2.47. The molecule has 0 amide bonds. The number of phenols is 1. The summed E-state index contributed by atoms with van der Waals surface area (Å²) in [7, 11) is -4.49. The van der Waals surface area contributed by atoms with E-state index < -0.39 is 20.4 Å². The number of hydrogen-bond acceptors (Lipinski definition) is 6. The second-order valence-corrected chi connectivity index (χ2v) is 11.4. The Morgan fingerprint density at radius 3 is 2.55 bits per heavy atom. The predicted molar refractivity (Wildman–Crippen MR) is 148 cm³/mol. The number of carbonyl (C=O) groups excluding carboxylic acids is 1. The molecule has 0 bridgehead atoms. The van der Waals surface area contributed by atoms with Crippen LogP contribution in [-0.2, 0) is 31.4 Å². The number of aryl methyl sites for hydroxylation is 1. The molecule has 2 N–H and O–H groups in total. The fourth-order valence-corrected chi connectivity index (χ4v) is 5.43. The third kappa shape index (κ3) is 8.67. The Bertz CT molecular complexity index is 1190. The maximum absolute atomic E-state index is 12.8. The average Bonchev–Trinajstić information content (AvgIpc) is 2.87. The normalized spacial score (nSPS) is 18.9. The zero-order chi connectivity index (χ0) is 27.7. The van der Waals surface area contributed by atoms with Gasteiger partial charge in [-0.2, -0.15) is 0 Å². The highest BCUT2D eigenvalue weighted by Gasteiger charge is 2.32. The van der Waals surface area contributed by atoms with Gasteiger partial charge in [-0.05, 0) is 68.7 Å². The number of benzene rings is 2. The van der Waals surface area contributed by atoms with Crippen LogP contribution >= 0.6 is 7.82 Å². The van der Waals surface area contributed by atoms with E-state index in [0.717, 1.165) is 49.7 Å². The van der Waals surface area contributed by atoms with Gasteiger partial charge >= 0.3 is 13.8 Å². The van der Waals surface area contributed by atoms with Crippen LogP contribution < -0.4 is 4.74 Å². The number of allylic oxidation sites excluding steroid dienone is 3. The molecule has 1 aliphatic rings. The van der Waals surface area contributed by atoms with E-state index in [2.05, 4.69) is 19.6 Å². The number of phosphoric acid groups is 1. The molecule has 3 atom stereocenters. The first kappa shape index (κ1) is 29.9. The van der Waals surface area contributed by atoms with Crippen LogP contribution in [0.25, 0.3) is 0 Å². The molecule has 206 valence electrons. The summed E-state index contributed by atoms with van der Waals surface area (Å²) in [6.45, 7) is 9.36. The summed E-state index contributed by atoms with van der Waals surface area (Å²) in [5, 5.41) is 11.1. The molecule has 38 heavy (non-hydrogen) atoms. The van der Waals surface area contributed by atoms with Gasteiger partial charge in [-0.3, -0.25) is 9.05 Å². The third-order valence-electron chi connectivity index (χ3n) is 6.77. The molecule has 2 aromatic rings. The third-order valence-corrected chi connectivity index (χ3v) is 7.68. The lowest BCUT2D eigenvalue weighted by atomic mass is 9.73. The number of phenolic OH excluding ortho intramolecular Hbond substituents is 1. The highest BCUT2D eigenvalue weighted by atomic mass is 31.2. The number of esters is 1. The Morgan fingerprint density at radius 1 is 1.13 bits per heavy atom. The van der Waals surface area contributed by atoms with Gasteiger partial charge in [0.2, 0.25) is 0 Å². The molecule has 7 nitrogen and oxygen atoms in total. The van der Waals surface area contributed by atoms with E-state index in [1.165, 1.54) is 5.57 Å². The number of aromatic hydroxyl groups is 1. The van der Waals surface area contributed by atoms with Gasteiger partial charge in [-0.1, -0.05) is 73.9 Å². The van der Waals surface area contributed by atoms with Crippen molar-refractivity contribution in [3.8, 4) is 11.5 Å². The zero-order valence-corrected chi connectivity index (χ0v) is 23.4. The molecule has 0 radical (unpaired) electrons. The van der Waals surface area contributed by atoms with E-state index in [1.807, 2.05) is 19.9 Å². The number of ether oxygens (including phenoxy) is 1. The van der Waals surface area contributed by atoms with E-state index >= 15 is 0 Å². The standard InChI is InChI=1S/C30H39O7P/c1-5-6-8-13-24-17-27(31)30(26-16-22(4)14-15-25(26)21(2)3)28(18-24)37-29(32)20-36-38(33,34)35-19-23-11-9-7-10-12-23/h7,9-12,16-18,25-26,31H,2,5-6,8,13-15,19-20H2,1,3-4H3,(H,33,34)/t25-,26+/m0/s1. The van der Waals surface area contributed by atoms with Crippen LogP contribution in [0, 0.1) is 5.92 Å². The number of hydrogen-bond donors (Lipinski definition) is 2. The van der Waals surface area contributed by atoms with Crippen molar-refractivity contribution in [2.24, 2.45) is 5.92 Å². The molecule has 8 heteroatoms. The average molecular weight is 543 g/mol. The molecule has 1 aliphatic carbocycles. The summed E-state index contributed by atoms with van der Waals surface area (Å²) < 4.78 is 27.9. The first-order chi connectivity index (χ1) is 18.1. The Morgan fingerprint density at radius 2 is 1.87 bits per heavy atom. The number of unbranched alkanes of at least 4 members (excludes halogenated alkanes) is 2. The molecule has 3 rings (SSSR count). The lowest BCUT2D eigenvalue weighted by Crippen LogP contribution is -2.20. The zero-order valence-electron chi connectivity index (χ0n) is 22.5. The highest BCUT2D eigenvalue weighted by molar-refractivity contribution is 7.47. The smallest absolute Gasteiger partial charge is 0.473 e. The van der Waals surface area contributed by atoms with E-state index in [4.69, 9.17) is 13.8 Å². The van der Waals surface area contributed by atoms with Crippen LogP contribution in [-0.4, -0.2) is 22.6 Å². The van der Waals surface area contributed by atoms with Gasteiger partial charge in [0.05, 0.1) is 6.61 Å². The molecule has 0 heterocycles. The molecule has 0 fully saturated rings. The van der Waals surface area contributed by atoms with Crippen molar-refractivity contribution in [1.29, 1.82) is 0 Å². The summed E-state index contributed by atoms with van der Waals surface area (Å²) >= 11 is 0. The van der Waals surface area contributed by atoms with Gasteiger partial charge in [-0.25, -0.2) is 9.36 Å². The minimum absolute atomic E-state index is 0.0592. The monoisotopic (exact) mass is 542 g/mol. The van der Waals surface area contributed by atoms with Gasteiger partial charge in [0.1, 0.15) is 11.5 Å². The molecular weight excluding hydrogens is 503 g/mol. The van der Waals surface area contributed by atoms with Crippen LogP contribution in [0.4, 0.5) is 0 Å². The SMILES string of the molecule is C=C(C)[C@@H]1CCC(C)=C[C@H]1c1c(O)cc(CCCCC)cc1OC(=O)COP(=O)(O)OCc1ccccc1. The molecule has 0 saturated heterocycles. The molecular formula is C30H39O7P. The van der Waals surface area contributed by atoms with Gasteiger partial charge in [0.15, 0.2) is 6.61 Å². The lowest BCUT2D eigenvalue weighted by Gasteiger charge is -2.32. The van der Waals surface area contributed by atoms with E-state index in [-0.39, 0.29) is 29.9 Å². The molecule has 0 aliphatic heterocycles. The van der Waals surface area contributed by atoms with Gasteiger partial charge in [0.25, 0.3) is 0 Å². The molecule has 1 unspecified atom stereocenters. The quantitative estimate of drug-likeness (QED) is 0.0895. The molecule has 0 aromatic heterocycles. The van der Waals surface area contributed by atoms with E-state index in [1.54, 1.807) is 36.4 Å². The van der Waals surface area contributed by atoms with Crippen molar-refractivity contribution in [2.75, 3.05) is 6.61 Å². The van der Waals surface area contributed by atoms with Gasteiger partial charge in [0, 0.05) is 11.5 Å². The first-order valence-electron chi connectivity index (χ1n) is 13.1. The van der Waals surface area contributed by atoms with Crippen molar-refractivity contribution in [1.82, 2.24) is 0 Å². The molecule has 0 spiro atoms. The minimum Gasteiger partial charge on any atom is -0.507 e. The fourth-order valence-electron chi connectivity index (χ4n) is 4.77. The summed E-state index contributed by atoms with van der Waals surface area (Å²) in [5.41, 5.74) is 4.23. The van der Waals surface area contributed by atoms with E-state index in [9.17, 15) is 19.4 Å². The van der Waals surface area contributed by atoms with Crippen molar-refractivity contribution in [2.45, 2.75) is 71.8 Å². The van der Waals surface area contributed by atoms with Crippen molar-refractivity contribution in [3.05, 3.63) is 83.0 Å². The predicted octanol–water partition coefficient (Wildman–Crippen LogP) is 7.38. The van der Waals surface area contributed by atoms with Crippen molar-refractivity contribution in [3.63, 3.8) is 0 Å². The topological polar surface area (TPSA) is 102 Å². The second-order valence-electron chi connectivity index (χ2n) is 9.99. The summed E-state index contributed by atoms with van der Waals surface area (Å²) in [5.74, 6) is -0.715. The Labute approximate surface area is 225 Å². The number of carbonyl (C=O) groups is 1. The second kappa shape index (κ2) is 13.9. The number of phosphoric ester groups is 1. The Hall–Kier alpha value is -2.70. The summed E-state index contributed by atoms with van der Waals surface area (Å²) in [4.78, 5) is 22.8. The van der Waals surface area contributed by atoms with E-state index in [0.29, 0.717) is 11.1 Å². The first-order valence-corrected chi connectivity index (χ1v) is 14.6. The van der Waals surface area contributed by atoms with Gasteiger partial charge in [-0.15, -0.1) is 0 Å². The fraction of sp³-hybridized carbons (Fsp3) is 0.433. The largest absolute Gasteiger partial charge is 0.507 e. The van der Waals surface area contributed by atoms with Crippen LogP contribution in [0.15, 0.2) is 66.3 Å². The number of rotatable bonds is 13. The summed E-state index contributed by atoms with van der Waals surface area (Å²) in [6, 6.07) is 12.4. The minimum atomic E-state index is -4.49. The van der Waals surface area contributed by atoms with Crippen LogP contribution in [0.1, 0.15) is 75.5 Å². The lowest BCUT2D eigenvalue weighted by molar-refractivity contribution is -0.137. The maximum Gasteiger partial charge on any atom is 0.473 e. The molecule has 0 saturated carbocycles. The van der Waals surface area contributed by atoms with Crippen LogP contribution in [0.5, 0.6) is 11.5 Å². The maximum atomic E-state index is 12.8. The van der Waals surface area contributed by atoms with Crippen molar-refractivity contribution >= 4 is 13.8 Å². The molecule has 2 aromatic carbocycles. The van der Waals surface area contributed by atoms with Crippen molar-refractivity contribution < 1.29 is 33.1 Å². The van der Waals surface area contributed by atoms with Crippen LogP contribution in [0.3, 0.4) is 0 Å².